The second-order valence-corrected chi connectivity index (χ2v) is 8.94. The van der Waals surface area contributed by atoms with Crippen LogP contribution in [0.15, 0.2) is 6.07 Å². The van der Waals surface area contributed by atoms with Gasteiger partial charge < -0.3 is 19.4 Å². The molecule has 158 valence electrons. The number of rotatable bonds is 4. The molecule has 0 saturated carbocycles. The zero-order valence-corrected chi connectivity index (χ0v) is 17.0. The minimum Gasteiger partial charge on any atom is -0.381 e. The Hall–Kier alpha value is -1.97. The molecule has 4 aliphatic heterocycles. The standard InChI is InChI=1S/C20H30N6O3/c1-24-7-16-10-26(11-17(16)8-24)19-6-15-9-25(4-2-18(15)21-22-19)20(27)23-29-13-14-3-5-28-12-14/h6,14,16-17H,2-5,7-13H2,1H3,(H,23,27)/t14?,16-,17+. The van der Waals surface area contributed by atoms with Gasteiger partial charge in [0.15, 0.2) is 5.82 Å². The zero-order valence-electron chi connectivity index (χ0n) is 17.0. The van der Waals surface area contributed by atoms with Gasteiger partial charge in [-0.2, -0.15) is 5.10 Å². The summed E-state index contributed by atoms with van der Waals surface area (Å²) in [6.45, 7) is 7.59. The van der Waals surface area contributed by atoms with Gasteiger partial charge in [-0.25, -0.2) is 10.3 Å². The maximum atomic E-state index is 12.5. The quantitative estimate of drug-likeness (QED) is 0.735. The molecule has 0 aromatic carbocycles. The summed E-state index contributed by atoms with van der Waals surface area (Å²) >= 11 is 0. The molecule has 0 radical (unpaired) electrons. The fourth-order valence-corrected chi connectivity index (χ4v) is 5.06. The third-order valence-corrected chi connectivity index (χ3v) is 6.71. The van der Waals surface area contributed by atoms with E-state index in [9.17, 15) is 4.79 Å². The minimum atomic E-state index is -0.188. The molecule has 29 heavy (non-hydrogen) atoms. The molecular weight excluding hydrogens is 372 g/mol. The number of hydroxylamine groups is 1. The van der Waals surface area contributed by atoms with E-state index in [2.05, 4.69) is 38.6 Å². The maximum Gasteiger partial charge on any atom is 0.341 e. The first kappa shape index (κ1) is 19.0. The van der Waals surface area contributed by atoms with E-state index in [0.29, 0.717) is 32.2 Å². The Morgan fingerprint density at radius 3 is 2.86 bits per heavy atom. The number of nitrogens with zero attached hydrogens (tertiary/aromatic N) is 5. The molecule has 5 heterocycles. The molecule has 3 saturated heterocycles. The van der Waals surface area contributed by atoms with Crippen LogP contribution in [0, 0.1) is 17.8 Å². The van der Waals surface area contributed by atoms with Crippen molar-refractivity contribution < 1.29 is 14.4 Å². The van der Waals surface area contributed by atoms with Crippen molar-refractivity contribution in [2.24, 2.45) is 17.8 Å². The molecule has 1 N–H and O–H groups in total. The summed E-state index contributed by atoms with van der Waals surface area (Å²) in [6.07, 6.45) is 1.71. The predicted molar refractivity (Wildman–Crippen MR) is 106 cm³/mol. The molecule has 1 aromatic rings. The van der Waals surface area contributed by atoms with E-state index in [1.54, 1.807) is 4.90 Å². The van der Waals surface area contributed by atoms with E-state index in [1.807, 2.05) is 0 Å². The number of urea groups is 1. The van der Waals surface area contributed by atoms with Crippen LogP contribution in [-0.2, 0) is 22.5 Å². The normalized spacial score (nSPS) is 29.2. The number of nitrogens with one attached hydrogen (secondary N) is 1. The zero-order chi connectivity index (χ0) is 19.8. The molecule has 1 aromatic heterocycles. The van der Waals surface area contributed by atoms with Crippen LogP contribution in [0.3, 0.4) is 0 Å². The van der Waals surface area contributed by atoms with Crippen LogP contribution < -0.4 is 10.4 Å². The topological polar surface area (TPSA) is 83.1 Å². The third kappa shape index (κ3) is 4.04. The Bertz CT molecular complexity index is 742. The Morgan fingerprint density at radius 2 is 2.10 bits per heavy atom. The first-order valence-corrected chi connectivity index (χ1v) is 10.7. The van der Waals surface area contributed by atoms with E-state index in [1.165, 1.54) is 13.1 Å². The van der Waals surface area contributed by atoms with Crippen LogP contribution in [0.5, 0.6) is 0 Å². The average Bonchev–Trinajstić information content (AvgIpc) is 3.44. The Kier molecular flexibility index (Phi) is 5.28. The molecule has 5 rings (SSSR count). The van der Waals surface area contributed by atoms with Crippen molar-refractivity contribution in [1.82, 2.24) is 25.5 Å². The lowest BCUT2D eigenvalue weighted by atomic mass is 10.0. The highest BCUT2D eigenvalue weighted by Gasteiger charge is 2.39. The second kappa shape index (κ2) is 8.04. The van der Waals surface area contributed by atoms with Gasteiger partial charge in [0.25, 0.3) is 0 Å². The monoisotopic (exact) mass is 402 g/mol. The smallest absolute Gasteiger partial charge is 0.341 e. The third-order valence-electron chi connectivity index (χ3n) is 6.71. The number of anilines is 1. The van der Waals surface area contributed by atoms with E-state index >= 15 is 0 Å². The van der Waals surface area contributed by atoms with Crippen LogP contribution in [0.1, 0.15) is 17.7 Å². The Morgan fingerprint density at radius 1 is 1.28 bits per heavy atom. The van der Waals surface area contributed by atoms with Crippen LogP contribution in [-0.4, -0.2) is 85.6 Å². The van der Waals surface area contributed by atoms with Crippen molar-refractivity contribution in [3.8, 4) is 0 Å². The summed E-state index contributed by atoms with van der Waals surface area (Å²) in [7, 11) is 2.20. The number of amides is 2. The van der Waals surface area contributed by atoms with Gasteiger partial charge in [0.05, 0.1) is 18.9 Å². The Balaban J connectivity index is 1.17. The van der Waals surface area contributed by atoms with Gasteiger partial charge in [0.1, 0.15) is 0 Å². The van der Waals surface area contributed by atoms with E-state index in [4.69, 9.17) is 9.57 Å². The fourth-order valence-electron chi connectivity index (χ4n) is 5.06. The fraction of sp³-hybridized carbons (Fsp3) is 0.750. The highest BCUT2D eigenvalue weighted by Crippen LogP contribution is 2.33. The molecule has 2 amide bonds. The highest BCUT2D eigenvalue weighted by atomic mass is 16.7. The molecule has 3 atom stereocenters. The first-order valence-electron chi connectivity index (χ1n) is 10.7. The van der Waals surface area contributed by atoms with Gasteiger partial charge in [-0.15, -0.1) is 5.10 Å². The number of carbonyl (C=O) groups is 1. The highest BCUT2D eigenvalue weighted by molar-refractivity contribution is 5.73. The lowest BCUT2D eigenvalue weighted by Gasteiger charge is -2.29. The molecule has 0 aliphatic carbocycles. The predicted octanol–water partition coefficient (Wildman–Crippen LogP) is 0.510. The van der Waals surface area contributed by atoms with Gasteiger partial charge in [-0.05, 0) is 36.9 Å². The number of ether oxygens (including phenoxy) is 1. The molecule has 1 unspecified atom stereocenters. The summed E-state index contributed by atoms with van der Waals surface area (Å²) in [6, 6.07) is 1.94. The van der Waals surface area contributed by atoms with E-state index < -0.39 is 0 Å². The van der Waals surface area contributed by atoms with Crippen LogP contribution >= 0.6 is 0 Å². The number of hydrogen-bond donors (Lipinski definition) is 1. The summed E-state index contributed by atoms with van der Waals surface area (Å²) in [5.74, 6) is 2.76. The number of fused-ring (bicyclic) bond motifs is 2. The summed E-state index contributed by atoms with van der Waals surface area (Å²) in [5, 5.41) is 8.97. The molecular formula is C20H30N6O3. The van der Waals surface area contributed by atoms with E-state index in [0.717, 1.165) is 61.4 Å². The average molecular weight is 402 g/mol. The largest absolute Gasteiger partial charge is 0.381 e. The number of aromatic nitrogens is 2. The Labute approximate surface area is 171 Å². The summed E-state index contributed by atoms with van der Waals surface area (Å²) in [4.78, 5) is 24.5. The molecule has 0 bridgehead atoms. The second-order valence-electron chi connectivity index (χ2n) is 8.94. The molecule has 4 aliphatic rings. The lowest BCUT2D eigenvalue weighted by Crippen LogP contribution is -2.43. The summed E-state index contributed by atoms with van der Waals surface area (Å²) < 4.78 is 5.33. The molecule has 9 nitrogen and oxygen atoms in total. The van der Waals surface area contributed by atoms with Crippen molar-refractivity contribution in [2.75, 3.05) is 64.5 Å². The van der Waals surface area contributed by atoms with Crippen molar-refractivity contribution in [3.05, 3.63) is 17.3 Å². The minimum absolute atomic E-state index is 0.188. The van der Waals surface area contributed by atoms with Crippen molar-refractivity contribution in [1.29, 1.82) is 0 Å². The summed E-state index contributed by atoms with van der Waals surface area (Å²) in [5.41, 5.74) is 4.68. The number of carbonyl (C=O) groups excluding carboxylic acids is 1. The lowest BCUT2D eigenvalue weighted by molar-refractivity contribution is 0.0226. The maximum absolute atomic E-state index is 12.5. The molecule has 0 spiro atoms. The van der Waals surface area contributed by atoms with Gasteiger partial charge in [-0.3, -0.25) is 4.84 Å². The molecule has 3 fully saturated rings. The van der Waals surface area contributed by atoms with Crippen molar-refractivity contribution in [2.45, 2.75) is 19.4 Å². The number of hydrogen-bond acceptors (Lipinski definition) is 7. The number of likely N-dealkylation sites (tertiary alicyclic amines) is 1. The molecule has 9 heteroatoms. The van der Waals surface area contributed by atoms with Crippen molar-refractivity contribution in [3.63, 3.8) is 0 Å². The van der Waals surface area contributed by atoms with E-state index in [-0.39, 0.29) is 6.03 Å². The van der Waals surface area contributed by atoms with Gasteiger partial charge in [0, 0.05) is 58.2 Å². The van der Waals surface area contributed by atoms with Gasteiger partial charge >= 0.3 is 6.03 Å². The van der Waals surface area contributed by atoms with Crippen LogP contribution in [0.4, 0.5) is 10.6 Å². The van der Waals surface area contributed by atoms with Gasteiger partial charge in [0.2, 0.25) is 0 Å². The van der Waals surface area contributed by atoms with Crippen LogP contribution in [0.25, 0.3) is 0 Å². The van der Waals surface area contributed by atoms with Crippen molar-refractivity contribution >= 4 is 11.8 Å². The first-order chi connectivity index (χ1) is 14.2. The SMILES string of the molecule is CN1C[C@@H]2CN(c3cc4c(nn3)CCN(C(=O)NOCC3CCOC3)C4)C[C@@H]2C1. The van der Waals surface area contributed by atoms with Gasteiger partial charge in [-0.1, -0.05) is 0 Å². The van der Waals surface area contributed by atoms with Crippen LogP contribution in [0.2, 0.25) is 0 Å².